The molecule has 0 aliphatic heterocycles. The van der Waals surface area contributed by atoms with Crippen molar-refractivity contribution in [2.45, 2.75) is 58.1 Å². The number of benzene rings is 2. The van der Waals surface area contributed by atoms with Crippen molar-refractivity contribution in [3.63, 3.8) is 0 Å². The van der Waals surface area contributed by atoms with E-state index in [1.54, 1.807) is 0 Å². The Bertz CT molecular complexity index is 905. The van der Waals surface area contributed by atoms with Gasteiger partial charge in [0.1, 0.15) is 36.9 Å². The number of hydrogen-bond donors (Lipinski definition) is 1. The Balaban J connectivity index is 2.00. The Hall–Kier alpha value is -1.67. The maximum absolute atomic E-state index is 10.7. The van der Waals surface area contributed by atoms with Gasteiger partial charge in [-0.25, -0.2) is 0 Å². The minimum atomic E-state index is -0.576. The molecule has 0 saturated carbocycles. The summed E-state index contributed by atoms with van der Waals surface area (Å²) in [5, 5.41) is 13.4. The Morgan fingerprint density at radius 1 is 1.03 bits per heavy atom. The second-order valence-corrected chi connectivity index (χ2v) is 10.4. The second-order valence-electron chi connectivity index (χ2n) is 9.28. The fraction of sp³-hybridized carbons (Fsp3) is 0.556. The highest BCUT2D eigenvalue weighted by Gasteiger charge is 2.24. The van der Waals surface area contributed by atoms with Gasteiger partial charge in [0.15, 0.2) is 0 Å². The van der Waals surface area contributed by atoms with Crippen molar-refractivity contribution in [2.75, 3.05) is 38.7 Å². The fourth-order valence-electron chi connectivity index (χ4n) is 3.90. The maximum atomic E-state index is 10.7. The quantitative estimate of drug-likeness (QED) is 0.187. The maximum Gasteiger partial charge on any atom is 0.139 e. The highest BCUT2D eigenvalue weighted by molar-refractivity contribution is 9.10. The van der Waals surface area contributed by atoms with Crippen LogP contribution in [-0.4, -0.2) is 60.9 Å². The van der Waals surface area contributed by atoms with E-state index in [-0.39, 0.29) is 24.5 Å². The molecule has 0 bridgehead atoms. The molecule has 2 atom stereocenters. The van der Waals surface area contributed by atoms with Crippen LogP contribution in [0.2, 0.25) is 0 Å². The van der Waals surface area contributed by atoms with Crippen molar-refractivity contribution in [1.82, 2.24) is 4.90 Å². The molecular formula is C27H38BrClN2O4. The van der Waals surface area contributed by atoms with Crippen LogP contribution in [0.3, 0.4) is 0 Å². The second kappa shape index (κ2) is 14.8. The molecule has 0 saturated heterocycles. The Kier molecular flexibility index (Phi) is 12.5. The van der Waals surface area contributed by atoms with Crippen molar-refractivity contribution in [1.29, 1.82) is 0 Å². The lowest BCUT2D eigenvalue weighted by Crippen LogP contribution is -2.36. The van der Waals surface area contributed by atoms with E-state index in [9.17, 15) is 10.0 Å². The lowest BCUT2D eigenvalue weighted by molar-refractivity contribution is 0.0681. The molecule has 1 N–H and O–H groups in total. The van der Waals surface area contributed by atoms with Crippen molar-refractivity contribution in [3.05, 3.63) is 63.0 Å². The number of ether oxygens (including phenoxy) is 2. The molecule has 2 unspecified atom stereocenters. The first-order chi connectivity index (χ1) is 16.7. The molecule has 0 aliphatic rings. The van der Waals surface area contributed by atoms with E-state index < -0.39 is 12.1 Å². The number of aliphatic hydroxyl groups is 1. The molecule has 0 heterocycles. The smallest absolute Gasteiger partial charge is 0.139 e. The van der Waals surface area contributed by atoms with Gasteiger partial charge < -0.3 is 19.5 Å². The van der Waals surface area contributed by atoms with E-state index in [0.29, 0.717) is 12.3 Å². The highest BCUT2D eigenvalue weighted by Crippen LogP contribution is 2.36. The molecule has 194 valence electrons. The molecule has 0 spiro atoms. The molecule has 2 rings (SSSR count). The van der Waals surface area contributed by atoms with Gasteiger partial charge in [0.05, 0.1) is 10.4 Å². The van der Waals surface area contributed by atoms with Crippen molar-refractivity contribution >= 4 is 27.5 Å². The van der Waals surface area contributed by atoms with Crippen molar-refractivity contribution in [3.8, 4) is 11.5 Å². The van der Waals surface area contributed by atoms with Gasteiger partial charge in [-0.3, -0.25) is 0 Å². The highest BCUT2D eigenvalue weighted by atomic mass is 79.9. The van der Waals surface area contributed by atoms with E-state index in [2.05, 4.69) is 65.8 Å². The molecular weight excluding hydrogens is 532 g/mol. The van der Waals surface area contributed by atoms with Crippen LogP contribution in [0, 0.1) is 4.91 Å². The average molecular weight is 570 g/mol. The first kappa shape index (κ1) is 29.6. The molecule has 0 fully saturated rings. The molecule has 35 heavy (non-hydrogen) atoms. The number of rotatable bonds is 16. The van der Waals surface area contributed by atoms with E-state index in [4.69, 9.17) is 21.1 Å². The molecule has 0 aromatic heterocycles. The van der Waals surface area contributed by atoms with Gasteiger partial charge in [0.25, 0.3) is 0 Å². The summed E-state index contributed by atoms with van der Waals surface area (Å²) < 4.78 is 12.4. The summed E-state index contributed by atoms with van der Waals surface area (Å²) in [5.41, 5.74) is 1.98. The van der Waals surface area contributed by atoms with Crippen LogP contribution in [0.25, 0.3) is 0 Å². The standard InChI is InChI=1S/C27H38BrClN2O4/c1-5-13-31(14-6-2)17-23(32)19-34-24-10-7-20(8-11-24)27(3,4)21-9-12-26(25(28)15-21)35-18-22(16-29)30-33/h7-12,15,22-23,32H,5-6,13-14,16-19H2,1-4H3. The molecule has 6 nitrogen and oxygen atoms in total. The minimum absolute atomic E-state index is 0.126. The zero-order chi connectivity index (χ0) is 25.8. The van der Waals surface area contributed by atoms with Gasteiger partial charge in [0, 0.05) is 12.0 Å². The lowest BCUT2D eigenvalue weighted by Gasteiger charge is -2.27. The summed E-state index contributed by atoms with van der Waals surface area (Å²) in [7, 11) is 0. The van der Waals surface area contributed by atoms with Crippen LogP contribution in [0.5, 0.6) is 11.5 Å². The Labute approximate surface area is 223 Å². The zero-order valence-corrected chi connectivity index (χ0v) is 23.5. The van der Waals surface area contributed by atoms with Gasteiger partial charge in [-0.2, -0.15) is 4.91 Å². The first-order valence-corrected chi connectivity index (χ1v) is 13.5. The monoisotopic (exact) mass is 568 g/mol. The number of nitroso groups, excluding NO2 is 1. The van der Waals surface area contributed by atoms with E-state index >= 15 is 0 Å². The third kappa shape index (κ3) is 9.05. The Morgan fingerprint density at radius 2 is 1.66 bits per heavy atom. The number of halogens is 2. The number of hydrogen-bond acceptors (Lipinski definition) is 6. The molecule has 2 aromatic rings. The molecule has 8 heteroatoms. The molecule has 0 amide bonds. The van der Waals surface area contributed by atoms with Gasteiger partial charge in [-0.15, -0.1) is 11.6 Å². The third-order valence-corrected chi connectivity index (χ3v) is 6.95. The van der Waals surface area contributed by atoms with Crippen LogP contribution in [0.4, 0.5) is 0 Å². The van der Waals surface area contributed by atoms with Crippen LogP contribution in [-0.2, 0) is 5.41 Å². The molecule has 0 radical (unpaired) electrons. The summed E-state index contributed by atoms with van der Waals surface area (Å²) in [6.45, 7) is 11.6. The van der Waals surface area contributed by atoms with Gasteiger partial charge in [-0.05, 0) is 77.3 Å². The number of alkyl halides is 1. The van der Waals surface area contributed by atoms with E-state index in [1.807, 2.05) is 30.3 Å². The normalized spacial score (nSPS) is 13.5. The summed E-state index contributed by atoms with van der Waals surface area (Å²) >= 11 is 9.28. The summed E-state index contributed by atoms with van der Waals surface area (Å²) in [6.07, 6.45) is 1.62. The van der Waals surface area contributed by atoms with Crippen LogP contribution < -0.4 is 9.47 Å². The van der Waals surface area contributed by atoms with Gasteiger partial charge in [-0.1, -0.05) is 51.1 Å². The van der Waals surface area contributed by atoms with Crippen LogP contribution in [0.15, 0.2) is 52.1 Å². The molecule has 2 aromatic carbocycles. The van der Waals surface area contributed by atoms with Crippen molar-refractivity contribution < 1.29 is 14.6 Å². The number of nitrogens with zero attached hydrogens (tertiary/aromatic N) is 2. The van der Waals surface area contributed by atoms with Crippen LogP contribution in [0.1, 0.15) is 51.7 Å². The van der Waals surface area contributed by atoms with E-state index in [1.165, 1.54) is 0 Å². The largest absolute Gasteiger partial charge is 0.491 e. The number of aliphatic hydroxyl groups excluding tert-OH is 1. The summed E-state index contributed by atoms with van der Waals surface area (Å²) in [4.78, 5) is 13.0. The average Bonchev–Trinajstić information content (AvgIpc) is 2.84. The first-order valence-electron chi connectivity index (χ1n) is 12.2. The van der Waals surface area contributed by atoms with Crippen molar-refractivity contribution in [2.24, 2.45) is 5.18 Å². The predicted molar refractivity (Wildman–Crippen MR) is 147 cm³/mol. The summed E-state index contributed by atoms with van der Waals surface area (Å²) in [6, 6.07) is 13.4. The predicted octanol–water partition coefficient (Wildman–Crippen LogP) is 6.39. The topological polar surface area (TPSA) is 71.4 Å². The third-order valence-electron chi connectivity index (χ3n) is 5.98. The summed E-state index contributed by atoms with van der Waals surface area (Å²) in [5.74, 6) is 1.51. The van der Waals surface area contributed by atoms with Crippen LogP contribution >= 0.6 is 27.5 Å². The lowest BCUT2D eigenvalue weighted by atomic mass is 9.78. The van der Waals surface area contributed by atoms with E-state index in [0.717, 1.165) is 47.3 Å². The van der Waals surface area contributed by atoms with Gasteiger partial charge >= 0.3 is 0 Å². The van der Waals surface area contributed by atoms with Gasteiger partial charge in [0.2, 0.25) is 0 Å². The minimum Gasteiger partial charge on any atom is -0.491 e. The zero-order valence-electron chi connectivity index (χ0n) is 21.2. The molecule has 0 aliphatic carbocycles. The SMILES string of the molecule is CCCN(CCC)CC(O)COc1ccc(C(C)(C)c2ccc(OCC(CCl)N=O)c(Br)c2)cc1. The Morgan fingerprint density at radius 3 is 2.20 bits per heavy atom. The fourth-order valence-corrected chi connectivity index (χ4v) is 4.54.